The lowest BCUT2D eigenvalue weighted by Crippen LogP contribution is -1.81. The van der Waals surface area contributed by atoms with Crippen LogP contribution in [0.2, 0.25) is 0 Å². The number of fused-ring (bicyclic) bond motifs is 6. The van der Waals surface area contributed by atoms with Gasteiger partial charge < -0.3 is 0 Å². The van der Waals surface area contributed by atoms with Gasteiger partial charge in [-0.15, -0.1) is 11.3 Å². The van der Waals surface area contributed by atoms with E-state index in [-0.39, 0.29) is 0 Å². The Bertz CT molecular complexity index is 1460. The fourth-order valence-corrected chi connectivity index (χ4v) is 5.35. The second-order valence-electron chi connectivity index (χ2n) is 7.00. The molecule has 0 aliphatic rings. The Morgan fingerprint density at radius 1 is 0.407 bits per heavy atom. The van der Waals surface area contributed by atoms with Crippen LogP contribution in [0.1, 0.15) is 0 Å². The third-order valence-electron chi connectivity index (χ3n) is 5.54. The second-order valence-corrected chi connectivity index (χ2v) is 7.88. The third-order valence-corrected chi connectivity index (χ3v) is 6.57. The maximum atomic E-state index is 2.32. The molecule has 0 saturated heterocycles. The number of rotatable bonds is 1. The maximum absolute atomic E-state index is 2.32. The van der Waals surface area contributed by atoms with Crippen LogP contribution in [0.3, 0.4) is 0 Å². The average molecular weight is 360 g/mol. The van der Waals surface area contributed by atoms with Gasteiger partial charge in [0.1, 0.15) is 0 Å². The number of hydrogen-bond acceptors (Lipinski definition) is 1. The van der Waals surface area contributed by atoms with E-state index < -0.39 is 0 Å². The molecule has 0 amide bonds. The van der Waals surface area contributed by atoms with Crippen molar-refractivity contribution in [3.05, 3.63) is 96.4 Å². The zero-order valence-corrected chi connectivity index (χ0v) is 15.5. The van der Waals surface area contributed by atoms with E-state index in [9.17, 15) is 0 Å². The van der Waals surface area contributed by atoms with Crippen LogP contribution in [0, 0.1) is 0 Å². The molecule has 0 unspecified atom stereocenters. The second kappa shape index (κ2) is 5.67. The molecule has 0 spiro atoms. The van der Waals surface area contributed by atoms with E-state index in [1.807, 2.05) is 11.3 Å². The SMILES string of the molecule is c1ccc2c(-c3csc4c3ccc3c5ccccc5ccc34)cccc2c1. The molecule has 1 heterocycles. The van der Waals surface area contributed by atoms with Crippen molar-refractivity contribution in [2.24, 2.45) is 0 Å². The summed E-state index contributed by atoms with van der Waals surface area (Å²) in [6.07, 6.45) is 0. The van der Waals surface area contributed by atoms with Crippen molar-refractivity contribution >= 4 is 53.7 Å². The van der Waals surface area contributed by atoms with Crippen molar-refractivity contribution in [1.29, 1.82) is 0 Å². The fourth-order valence-electron chi connectivity index (χ4n) is 4.25. The van der Waals surface area contributed by atoms with Gasteiger partial charge in [-0.2, -0.15) is 0 Å². The van der Waals surface area contributed by atoms with Gasteiger partial charge in [-0.3, -0.25) is 0 Å². The standard InChI is InChI=1S/C26H16S/c1-3-9-19-17(6-1)8-5-11-21(19)25-16-27-26-23-13-12-18-7-2-4-10-20(18)22(23)14-15-24(25)26/h1-16H. The summed E-state index contributed by atoms with van der Waals surface area (Å²) >= 11 is 1.86. The third kappa shape index (κ3) is 2.16. The lowest BCUT2D eigenvalue weighted by molar-refractivity contribution is 1.73. The summed E-state index contributed by atoms with van der Waals surface area (Å²) in [6, 6.07) is 33.0. The van der Waals surface area contributed by atoms with E-state index in [4.69, 9.17) is 0 Å². The maximum Gasteiger partial charge on any atom is 0.0427 e. The largest absolute Gasteiger partial charge is 0.142 e. The predicted molar refractivity (Wildman–Crippen MR) is 120 cm³/mol. The first kappa shape index (κ1) is 15.0. The van der Waals surface area contributed by atoms with Gasteiger partial charge >= 0.3 is 0 Å². The summed E-state index contributed by atoms with van der Waals surface area (Å²) in [7, 11) is 0. The highest BCUT2D eigenvalue weighted by Crippen LogP contribution is 2.41. The Morgan fingerprint density at radius 2 is 1.07 bits per heavy atom. The molecular formula is C26H16S. The quantitative estimate of drug-likeness (QED) is 0.260. The topological polar surface area (TPSA) is 0 Å². The Morgan fingerprint density at radius 3 is 1.96 bits per heavy atom. The molecule has 0 radical (unpaired) electrons. The van der Waals surface area contributed by atoms with Gasteiger partial charge in [0.25, 0.3) is 0 Å². The van der Waals surface area contributed by atoms with Crippen molar-refractivity contribution in [1.82, 2.24) is 0 Å². The van der Waals surface area contributed by atoms with Gasteiger partial charge in [-0.1, -0.05) is 91.0 Å². The molecule has 0 aliphatic heterocycles. The smallest absolute Gasteiger partial charge is 0.0427 e. The molecule has 0 N–H and O–H groups in total. The van der Waals surface area contributed by atoms with E-state index in [2.05, 4.69) is 96.4 Å². The minimum atomic E-state index is 1.29. The molecular weight excluding hydrogens is 344 g/mol. The number of benzene rings is 5. The van der Waals surface area contributed by atoms with Gasteiger partial charge in [-0.25, -0.2) is 0 Å². The van der Waals surface area contributed by atoms with Crippen molar-refractivity contribution in [2.75, 3.05) is 0 Å². The van der Waals surface area contributed by atoms with Gasteiger partial charge in [-0.05, 0) is 37.9 Å². The van der Waals surface area contributed by atoms with E-state index in [0.717, 1.165) is 0 Å². The Kier molecular flexibility index (Phi) is 3.14. The molecule has 0 atom stereocenters. The van der Waals surface area contributed by atoms with Crippen LogP contribution in [0.15, 0.2) is 96.4 Å². The Labute approximate surface area is 161 Å². The van der Waals surface area contributed by atoms with Crippen LogP contribution in [0.4, 0.5) is 0 Å². The first-order valence-electron chi connectivity index (χ1n) is 9.20. The number of thiophene rings is 1. The predicted octanol–water partition coefficient (Wildman–Crippen LogP) is 8.03. The van der Waals surface area contributed by atoms with Crippen LogP contribution in [-0.2, 0) is 0 Å². The number of hydrogen-bond donors (Lipinski definition) is 0. The van der Waals surface area contributed by atoms with E-state index in [1.54, 1.807) is 0 Å². The molecule has 126 valence electrons. The van der Waals surface area contributed by atoms with Crippen molar-refractivity contribution in [3.63, 3.8) is 0 Å². The molecule has 0 fully saturated rings. The molecule has 0 saturated carbocycles. The molecule has 6 rings (SSSR count). The summed E-state index contributed by atoms with van der Waals surface area (Å²) in [5, 5.41) is 11.6. The van der Waals surface area contributed by atoms with Gasteiger partial charge in [0.05, 0.1) is 0 Å². The minimum absolute atomic E-state index is 1.29. The van der Waals surface area contributed by atoms with Gasteiger partial charge in [0.15, 0.2) is 0 Å². The average Bonchev–Trinajstić information content (AvgIpc) is 3.17. The first-order chi connectivity index (χ1) is 13.4. The molecule has 0 bridgehead atoms. The summed E-state index contributed by atoms with van der Waals surface area (Å²) in [5.41, 5.74) is 2.65. The van der Waals surface area contributed by atoms with Crippen LogP contribution < -0.4 is 0 Å². The Hall–Kier alpha value is -3.16. The van der Waals surface area contributed by atoms with Crippen LogP contribution >= 0.6 is 11.3 Å². The lowest BCUT2D eigenvalue weighted by Gasteiger charge is -2.08. The molecule has 27 heavy (non-hydrogen) atoms. The zero-order valence-electron chi connectivity index (χ0n) is 14.6. The first-order valence-corrected chi connectivity index (χ1v) is 10.1. The molecule has 5 aromatic carbocycles. The molecule has 0 nitrogen and oxygen atoms in total. The summed E-state index contributed by atoms with van der Waals surface area (Å²) in [4.78, 5) is 0. The highest BCUT2D eigenvalue weighted by atomic mass is 32.1. The molecule has 6 aromatic rings. The minimum Gasteiger partial charge on any atom is -0.142 e. The van der Waals surface area contributed by atoms with E-state index >= 15 is 0 Å². The van der Waals surface area contributed by atoms with Crippen LogP contribution in [0.25, 0.3) is 53.5 Å². The van der Waals surface area contributed by atoms with Gasteiger partial charge in [0, 0.05) is 21.0 Å². The van der Waals surface area contributed by atoms with E-state index in [0.29, 0.717) is 0 Å². The van der Waals surface area contributed by atoms with Crippen molar-refractivity contribution in [2.45, 2.75) is 0 Å². The normalized spacial score (nSPS) is 11.7. The molecule has 1 heteroatoms. The van der Waals surface area contributed by atoms with Gasteiger partial charge in [0.2, 0.25) is 0 Å². The van der Waals surface area contributed by atoms with Crippen LogP contribution in [-0.4, -0.2) is 0 Å². The Balaban J connectivity index is 1.70. The molecule has 0 aliphatic carbocycles. The van der Waals surface area contributed by atoms with E-state index in [1.165, 1.54) is 53.5 Å². The highest BCUT2D eigenvalue weighted by Gasteiger charge is 2.12. The lowest BCUT2D eigenvalue weighted by atomic mass is 9.95. The highest BCUT2D eigenvalue weighted by molar-refractivity contribution is 7.18. The fraction of sp³-hybridized carbons (Fsp3) is 0. The van der Waals surface area contributed by atoms with Crippen LogP contribution in [0.5, 0.6) is 0 Å². The summed E-state index contributed by atoms with van der Waals surface area (Å²) < 4.78 is 1.38. The molecule has 1 aromatic heterocycles. The van der Waals surface area contributed by atoms with Crippen molar-refractivity contribution in [3.8, 4) is 11.1 Å². The summed E-state index contributed by atoms with van der Waals surface area (Å²) in [5.74, 6) is 0. The monoisotopic (exact) mass is 360 g/mol. The summed E-state index contributed by atoms with van der Waals surface area (Å²) in [6.45, 7) is 0. The zero-order chi connectivity index (χ0) is 17.8. The van der Waals surface area contributed by atoms with Crippen molar-refractivity contribution < 1.29 is 0 Å².